The third-order valence-electron chi connectivity index (χ3n) is 8.91. The van der Waals surface area contributed by atoms with Crippen LogP contribution in [0.4, 0.5) is 22.7 Å². The van der Waals surface area contributed by atoms with Gasteiger partial charge >= 0.3 is 0 Å². The number of hydrogen-bond donors (Lipinski definition) is 2. The van der Waals surface area contributed by atoms with Crippen LogP contribution in [-0.4, -0.2) is 38.7 Å². The lowest BCUT2D eigenvalue weighted by Gasteiger charge is -2.27. The largest absolute Gasteiger partial charge is 0.341 e. The number of rotatable bonds is 12. The molecule has 254 valence electrons. The molecule has 0 saturated carbocycles. The minimum absolute atomic E-state index is 0.420. The van der Waals surface area contributed by atoms with Gasteiger partial charge in [-0.15, -0.1) is 5.10 Å². The Balaban J connectivity index is 1.34. The van der Waals surface area contributed by atoms with Crippen molar-refractivity contribution >= 4 is 44.8 Å². The quantitative estimate of drug-likeness (QED) is 0.127. The van der Waals surface area contributed by atoms with Gasteiger partial charge in [0.25, 0.3) is 0 Å². The minimum atomic E-state index is 0.420. The number of anilines is 4. The summed E-state index contributed by atoms with van der Waals surface area (Å²) in [6.07, 6.45) is 0. The number of nitrogens with one attached hydrogen (secondary N) is 2. The Bertz CT molecular complexity index is 2010. The van der Waals surface area contributed by atoms with Crippen LogP contribution >= 0.6 is 0 Å². The molecule has 2 N–H and O–H groups in total. The maximum atomic E-state index is 5.17. The molecule has 0 unspecified atom stereocenters. The lowest BCUT2D eigenvalue weighted by atomic mass is 9.95. The first-order valence-electron chi connectivity index (χ1n) is 17.8. The van der Waals surface area contributed by atoms with Gasteiger partial charge in [-0.25, -0.2) is 0 Å². The van der Waals surface area contributed by atoms with E-state index in [-0.39, 0.29) is 0 Å². The molecule has 8 heteroatoms. The smallest absolute Gasteiger partial charge is 0.203 e. The molecular formula is C42H47N8+. The van der Waals surface area contributed by atoms with Gasteiger partial charge in [0.2, 0.25) is 6.54 Å². The summed E-state index contributed by atoms with van der Waals surface area (Å²) in [4.78, 5) is 6.73. The summed E-state index contributed by atoms with van der Waals surface area (Å²) in [5.74, 6) is 1.43. The molecule has 2 heterocycles. The Kier molecular flexibility index (Phi) is 9.35. The average molecular weight is 664 g/mol. The molecule has 50 heavy (non-hydrogen) atoms. The predicted octanol–water partition coefficient (Wildman–Crippen LogP) is 9.70. The number of aromatic nitrogens is 6. The van der Waals surface area contributed by atoms with Crippen molar-refractivity contribution in [2.75, 3.05) is 22.9 Å². The second kappa shape index (κ2) is 14.2. The third-order valence-corrected chi connectivity index (χ3v) is 8.91. The van der Waals surface area contributed by atoms with Gasteiger partial charge in [0.15, 0.2) is 5.52 Å². The van der Waals surface area contributed by atoms with E-state index in [1.54, 1.807) is 0 Å². The van der Waals surface area contributed by atoms with Gasteiger partial charge in [0.1, 0.15) is 16.6 Å². The lowest BCUT2D eigenvalue weighted by molar-refractivity contribution is -0.804. The second-order valence-electron chi connectivity index (χ2n) is 14.5. The lowest BCUT2D eigenvalue weighted by Crippen LogP contribution is -2.41. The van der Waals surface area contributed by atoms with Crippen LogP contribution in [0.1, 0.15) is 41.5 Å². The Morgan fingerprint density at radius 2 is 0.960 bits per heavy atom. The standard InChI is InChI=1S/C42H46N8/c1-28(2)25-48(33-13-9-7-10-14-33)35-21-17-31(18-22-35)37-39-40(44-47-43-39)38(42-41(37)45-50(46-42)27-30(5)6)32-19-23-36(24-20-32)49(26-29(3)4)34-15-11-8-12-16-34/h7-24,28-30H,25-27H2,1-6H3,(H,43,44,45,46)/p+1. The highest BCUT2D eigenvalue weighted by molar-refractivity contribution is 6.16. The van der Waals surface area contributed by atoms with Crippen LogP contribution in [0.3, 0.4) is 0 Å². The molecule has 0 saturated heterocycles. The van der Waals surface area contributed by atoms with E-state index in [1.165, 1.54) is 11.4 Å². The molecule has 0 bridgehead atoms. The summed E-state index contributed by atoms with van der Waals surface area (Å²) in [6, 6.07) is 38.8. The zero-order chi connectivity index (χ0) is 34.8. The number of aromatic amines is 2. The van der Waals surface area contributed by atoms with Gasteiger partial charge in [-0.3, -0.25) is 0 Å². The van der Waals surface area contributed by atoms with Gasteiger partial charge in [0.05, 0.1) is 0 Å². The van der Waals surface area contributed by atoms with Crippen molar-refractivity contribution in [3.8, 4) is 22.3 Å². The SMILES string of the molecule is CC(C)CN(c1ccccc1)c1ccc(-c2c3n[nH]nc3c(-c3ccc(N(CC(C)C)c4ccccc4)cc3)c3[nH][n+](CC(C)C)nc23)cc1. The van der Waals surface area contributed by atoms with Crippen LogP contribution in [0.15, 0.2) is 109 Å². The monoisotopic (exact) mass is 663 g/mol. The summed E-state index contributed by atoms with van der Waals surface area (Å²) in [5, 5.41) is 21.3. The Labute approximate surface area is 294 Å². The molecule has 0 fully saturated rings. The van der Waals surface area contributed by atoms with E-state index >= 15 is 0 Å². The molecule has 7 rings (SSSR count). The first-order valence-corrected chi connectivity index (χ1v) is 17.8. The summed E-state index contributed by atoms with van der Waals surface area (Å²) in [5.41, 5.74) is 12.2. The number of hydrogen-bond acceptors (Lipinski definition) is 5. The molecular weight excluding hydrogens is 617 g/mol. The van der Waals surface area contributed by atoms with Gasteiger partial charge in [-0.2, -0.15) is 15.4 Å². The molecule has 0 radical (unpaired) electrons. The van der Waals surface area contributed by atoms with Crippen LogP contribution in [0, 0.1) is 17.8 Å². The fourth-order valence-electron chi connectivity index (χ4n) is 6.81. The number of para-hydroxylation sites is 2. The average Bonchev–Trinajstić information content (AvgIpc) is 3.76. The Morgan fingerprint density at radius 3 is 1.42 bits per heavy atom. The van der Waals surface area contributed by atoms with Crippen LogP contribution in [0.2, 0.25) is 0 Å². The van der Waals surface area contributed by atoms with Gasteiger partial charge in [-0.05, 0) is 76.3 Å². The van der Waals surface area contributed by atoms with Crippen molar-refractivity contribution in [3.05, 3.63) is 109 Å². The fourth-order valence-corrected chi connectivity index (χ4v) is 6.81. The highest BCUT2D eigenvalue weighted by Crippen LogP contribution is 2.41. The third kappa shape index (κ3) is 6.70. The summed E-state index contributed by atoms with van der Waals surface area (Å²) >= 11 is 0. The summed E-state index contributed by atoms with van der Waals surface area (Å²) in [7, 11) is 0. The zero-order valence-corrected chi connectivity index (χ0v) is 29.9. The van der Waals surface area contributed by atoms with E-state index < -0.39 is 0 Å². The maximum Gasteiger partial charge on any atom is 0.203 e. The van der Waals surface area contributed by atoms with E-state index in [0.29, 0.717) is 17.8 Å². The van der Waals surface area contributed by atoms with Crippen LogP contribution in [0.25, 0.3) is 44.3 Å². The van der Waals surface area contributed by atoms with Crippen molar-refractivity contribution < 1.29 is 4.80 Å². The summed E-state index contributed by atoms with van der Waals surface area (Å²) < 4.78 is 0. The van der Waals surface area contributed by atoms with Crippen molar-refractivity contribution in [3.63, 3.8) is 0 Å². The topological polar surface area (TPSA) is 80.6 Å². The number of fused-ring (bicyclic) bond motifs is 2. The predicted molar refractivity (Wildman–Crippen MR) is 206 cm³/mol. The van der Waals surface area contributed by atoms with Crippen LogP contribution in [0.5, 0.6) is 0 Å². The molecule has 0 atom stereocenters. The molecule has 0 aliphatic heterocycles. The fraction of sp³-hybridized carbons (Fsp3) is 0.286. The van der Waals surface area contributed by atoms with Crippen molar-refractivity contribution in [2.45, 2.75) is 48.1 Å². The molecule has 0 amide bonds. The molecule has 8 nitrogen and oxygen atoms in total. The Hall–Kier alpha value is -5.50. The molecule has 0 aliphatic rings. The molecule has 0 spiro atoms. The second-order valence-corrected chi connectivity index (χ2v) is 14.5. The van der Waals surface area contributed by atoms with Crippen molar-refractivity contribution in [2.24, 2.45) is 17.8 Å². The van der Waals surface area contributed by atoms with Crippen LogP contribution in [-0.2, 0) is 6.54 Å². The molecule has 2 aromatic heterocycles. The number of benzene rings is 5. The normalized spacial score (nSPS) is 11.8. The van der Waals surface area contributed by atoms with E-state index in [9.17, 15) is 0 Å². The Morgan fingerprint density at radius 1 is 0.520 bits per heavy atom. The van der Waals surface area contributed by atoms with Crippen LogP contribution < -0.4 is 14.6 Å². The van der Waals surface area contributed by atoms with Gasteiger partial charge < -0.3 is 9.80 Å². The van der Waals surface area contributed by atoms with Gasteiger partial charge in [0, 0.05) is 58.0 Å². The first kappa shape index (κ1) is 33.0. The highest BCUT2D eigenvalue weighted by atomic mass is 15.5. The molecule has 5 aromatic carbocycles. The van der Waals surface area contributed by atoms with E-state index in [1.807, 2.05) is 4.80 Å². The van der Waals surface area contributed by atoms with E-state index in [0.717, 1.165) is 75.3 Å². The molecule has 0 aliphatic carbocycles. The van der Waals surface area contributed by atoms with Crippen molar-refractivity contribution in [1.29, 1.82) is 0 Å². The maximum absolute atomic E-state index is 5.17. The molecule has 7 aromatic rings. The number of H-pyrrole nitrogens is 2. The summed E-state index contributed by atoms with van der Waals surface area (Å²) in [6.45, 7) is 16.1. The zero-order valence-electron chi connectivity index (χ0n) is 29.9. The van der Waals surface area contributed by atoms with Gasteiger partial charge in [-0.1, -0.05) is 102 Å². The van der Waals surface area contributed by atoms with E-state index in [2.05, 4.69) is 171 Å². The number of nitrogens with zero attached hydrogens (tertiary/aromatic N) is 6. The minimum Gasteiger partial charge on any atom is -0.341 e. The highest BCUT2D eigenvalue weighted by Gasteiger charge is 2.27. The van der Waals surface area contributed by atoms with E-state index in [4.69, 9.17) is 15.3 Å². The van der Waals surface area contributed by atoms with Crippen molar-refractivity contribution in [1.82, 2.24) is 25.6 Å². The first-order chi connectivity index (χ1) is 24.3.